The summed E-state index contributed by atoms with van der Waals surface area (Å²) in [7, 11) is -3.35. The molecule has 116 valence electrons. The van der Waals surface area contributed by atoms with Gasteiger partial charge in [-0.3, -0.25) is 0 Å². The molecule has 0 bridgehead atoms. The Morgan fingerprint density at radius 3 is 2.76 bits per heavy atom. The van der Waals surface area contributed by atoms with Gasteiger partial charge in [-0.15, -0.1) is 0 Å². The second-order valence-electron chi connectivity index (χ2n) is 5.59. The molecule has 0 spiro atoms. The molecule has 2 rings (SSSR count). The fraction of sp³-hybridized carbons (Fsp3) is 0.533. The molecule has 1 atom stereocenters. The molecule has 1 fully saturated rings. The molecule has 0 amide bonds. The van der Waals surface area contributed by atoms with Crippen LogP contribution in [0.15, 0.2) is 24.3 Å². The third-order valence-corrected chi connectivity index (χ3v) is 6.12. The Kier molecular flexibility index (Phi) is 5.35. The molecule has 21 heavy (non-hydrogen) atoms. The maximum Gasteiger partial charge on any atom is 0.218 e. The van der Waals surface area contributed by atoms with Crippen molar-refractivity contribution in [1.82, 2.24) is 4.31 Å². The van der Waals surface area contributed by atoms with Crippen LogP contribution in [0.25, 0.3) is 0 Å². The van der Waals surface area contributed by atoms with Crippen LogP contribution >= 0.6 is 12.2 Å². The number of hydrogen-bond acceptors (Lipinski definition) is 3. The van der Waals surface area contributed by atoms with Gasteiger partial charge in [0.1, 0.15) is 4.99 Å². The predicted octanol–water partition coefficient (Wildman–Crippen LogP) is 2.42. The number of nitrogens with two attached hydrogens (primary N) is 1. The standard InChI is InChI=1S/C15H22N2O2S2/c1-12-7-3-2-6-10-17(12)21(18,19)11-13-8-4-5-9-14(13)15(16)20/h4-5,8-9,12H,2-3,6-7,10-11H2,1H3,(H2,16,20). The molecular weight excluding hydrogens is 304 g/mol. The second kappa shape index (κ2) is 6.85. The normalized spacial score (nSPS) is 20.9. The molecular formula is C15H22N2O2S2. The molecule has 1 aliphatic heterocycles. The summed E-state index contributed by atoms with van der Waals surface area (Å²) in [6.07, 6.45) is 4.05. The number of thiocarbonyl (C=S) groups is 1. The van der Waals surface area contributed by atoms with E-state index in [1.165, 1.54) is 0 Å². The lowest BCUT2D eigenvalue weighted by molar-refractivity contribution is 0.341. The zero-order valence-corrected chi connectivity index (χ0v) is 13.9. The number of sulfonamides is 1. The molecule has 0 aliphatic carbocycles. The lowest BCUT2D eigenvalue weighted by atomic mass is 10.1. The summed E-state index contributed by atoms with van der Waals surface area (Å²) in [6, 6.07) is 7.26. The minimum absolute atomic E-state index is 0.0369. The summed E-state index contributed by atoms with van der Waals surface area (Å²) in [5, 5.41) is 0. The molecule has 1 saturated heterocycles. The fourth-order valence-electron chi connectivity index (χ4n) is 2.83. The monoisotopic (exact) mass is 326 g/mol. The van der Waals surface area contributed by atoms with Crippen LogP contribution < -0.4 is 5.73 Å². The first-order valence-electron chi connectivity index (χ1n) is 7.29. The van der Waals surface area contributed by atoms with Crippen LogP contribution in [-0.4, -0.2) is 30.3 Å². The van der Waals surface area contributed by atoms with Crippen molar-refractivity contribution in [3.8, 4) is 0 Å². The van der Waals surface area contributed by atoms with Crippen molar-refractivity contribution in [2.24, 2.45) is 5.73 Å². The van der Waals surface area contributed by atoms with Gasteiger partial charge in [-0.05, 0) is 25.3 Å². The Labute approximate surface area is 132 Å². The van der Waals surface area contributed by atoms with Crippen molar-refractivity contribution in [3.63, 3.8) is 0 Å². The van der Waals surface area contributed by atoms with Gasteiger partial charge >= 0.3 is 0 Å². The zero-order chi connectivity index (χ0) is 15.5. The van der Waals surface area contributed by atoms with E-state index >= 15 is 0 Å². The van der Waals surface area contributed by atoms with Gasteiger partial charge in [0.2, 0.25) is 10.0 Å². The summed E-state index contributed by atoms with van der Waals surface area (Å²) in [4.78, 5) is 0.240. The first kappa shape index (κ1) is 16.4. The van der Waals surface area contributed by atoms with Gasteiger partial charge in [-0.1, -0.05) is 49.3 Å². The number of benzene rings is 1. The Balaban J connectivity index is 2.27. The first-order valence-corrected chi connectivity index (χ1v) is 9.31. The number of hydrogen-bond donors (Lipinski definition) is 1. The molecule has 1 aromatic carbocycles. The highest BCUT2D eigenvalue weighted by molar-refractivity contribution is 7.88. The van der Waals surface area contributed by atoms with E-state index < -0.39 is 10.0 Å². The lowest BCUT2D eigenvalue weighted by Crippen LogP contribution is -2.39. The smallest absolute Gasteiger partial charge is 0.218 e. The van der Waals surface area contributed by atoms with Crippen LogP contribution in [0.5, 0.6) is 0 Å². The van der Waals surface area contributed by atoms with Crippen LogP contribution in [0.2, 0.25) is 0 Å². The van der Waals surface area contributed by atoms with E-state index in [9.17, 15) is 8.42 Å². The summed E-state index contributed by atoms with van der Waals surface area (Å²) in [5.74, 6) is -0.0369. The largest absolute Gasteiger partial charge is 0.389 e. The Morgan fingerprint density at radius 1 is 1.33 bits per heavy atom. The molecule has 0 radical (unpaired) electrons. The van der Waals surface area contributed by atoms with E-state index in [0.29, 0.717) is 17.7 Å². The van der Waals surface area contributed by atoms with E-state index in [-0.39, 0.29) is 16.8 Å². The summed E-state index contributed by atoms with van der Waals surface area (Å²) < 4.78 is 27.1. The van der Waals surface area contributed by atoms with Crippen molar-refractivity contribution >= 4 is 27.2 Å². The van der Waals surface area contributed by atoms with Crippen LogP contribution in [0.1, 0.15) is 43.7 Å². The van der Waals surface area contributed by atoms with Gasteiger partial charge < -0.3 is 5.73 Å². The maximum absolute atomic E-state index is 12.7. The van der Waals surface area contributed by atoms with Gasteiger partial charge in [-0.2, -0.15) is 4.31 Å². The van der Waals surface area contributed by atoms with E-state index in [1.54, 1.807) is 16.4 Å². The minimum Gasteiger partial charge on any atom is -0.389 e. The zero-order valence-electron chi connectivity index (χ0n) is 12.3. The summed E-state index contributed by atoms with van der Waals surface area (Å²) >= 11 is 5.01. The third kappa shape index (κ3) is 4.02. The highest BCUT2D eigenvalue weighted by Crippen LogP contribution is 2.23. The molecule has 0 saturated carbocycles. The second-order valence-corrected chi connectivity index (χ2v) is 7.95. The predicted molar refractivity (Wildman–Crippen MR) is 89.6 cm³/mol. The van der Waals surface area contributed by atoms with E-state index in [2.05, 4.69) is 0 Å². The molecule has 0 aromatic heterocycles. The maximum atomic E-state index is 12.7. The van der Waals surface area contributed by atoms with Crippen molar-refractivity contribution < 1.29 is 8.42 Å². The third-order valence-electron chi connectivity index (χ3n) is 3.97. The number of nitrogens with zero attached hydrogens (tertiary/aromatic N) is 1. The van der Waals surface area contributed by atoms with E-state index in [4.69, 9.17) is 18.0 Å². The molecule has 6 heteroatoms. The van der Waals surface area contributed by atoms with Gasteiger partial charge in [0.15, 0.2) is 0 Å². The van der Waals surface area contributed by atoms with Crippen LogP contribution in [0, 0.1) is 0 Å². The van der Waals surface area contributed by atoms with E-state index in [1.807, 2.05) is 19.1 Å². The van der Waals surface area contributed by atoms with Gasteiger partial charge in [0.05, 0.1) is 5.75 Å². The average Bonchev–Trinajstić information content (AvgIpc) is 2.63. The molecule has 2 N–H and O–H groups in total. The topological polar surface area (TPSA) is 63.4 Å². The van der Waals surface area contributed by atoms with Crippen LogP contribution in [0.3, 0.4) is 0 Å². The summed E-state index contributed by atoms with van der Waals surface area (Å²) in [5.41, 5.74) is 7.02. The van der Waals surface area contributed by atoms with Crippen LogP contribution in [-0.2, 0) is 15.8 Å². The molecule has 1 aliphatic rings. The Morgan fingerprint density at radius 2 is 2.05 bits per heavy atom. The molecule has 4 nitrogen and oxygen atoms in total. The fourth-order valence-corrected chi connectivity index (χ4v) is 4.90. The van der Waals surface area contributed by atoms with E-state index in [0.717, 1.165) is 25.7 Å². The highest BCUT2D eigenvalue weighted by atomic mass is 32.2. The molecule has 1 aromatic rings. The average molecular weight is 326 g/mol. The van der Waals surface area contributed by atoms with Gasteiger partial charge in [-0.25, -0.2) is 8.42 Å². The van der Waals surface area contributed by atoms with Gasteiger partial charge in [0, 0.05) is 18.2 Å². The van der Waals surface area contributed by atoms with Crippen molar-refractivity contribution in [2.45, 2.75) is 44.4 Å². The van der Waals surface area contributed by atoms with Crippen LogP contribution in [0.4, 0.5) is 0 Å². The van der Waals surface area contributed by atoms with Gasteiger partial charge in [0.25, 0.3) is 0 Å². The first-order chi connectivity index (χ1) is 9.92. The Bertz CT molecular complexity index is 614. The molecule has 1 unspecified atom stereocenters. The highest BCUT2D eigenvalue weighted by Gasteiger charge is 2.29. The van der Waals surface area contributed by atoms with Crippen molar-refractivity contribution in [2.75, 3.05) is 6.54 Å². The lowest BCUT2D eigenvalue weighted by Gasteiger charge is -2.26. The quantitative estimate of drug-likeness (QED) is 0.863. The summed E-state index contributed by atoms with van der Waals surface area (Å²) in [6.45, 7) is 2.60. The Hall–Kier alpha value is -0.980. The van der Waals surface area contributed by atoms with Crippen molar-refractivity contribution in [3.05, 3.63) is 35.4 Å². The minimum atomic E-state index is -3.35. The molecule has 1 heterocycles. The number of rotatable bonds is 4. The SMILES string of the molecule is CC1CCCCCN1S(=O)(=O)Cc1ccccc1C(N)=S. The van der Waals surface area contributed by atoms with Crippen molar-refractivity contribution in [1.29, 1.82) is 0 Å².